The fourth-order valence-corrected chi connectivity index (χ4v) is 2.47. The number of nitrogens with zero attached hydrogens (tertiary/aromatic N) is 1. The highest BCUT2D eigenvalue weighted by Gasteiger charge is 2.06. The van der Waals surface area contributed by atoms with Crippen LogP contribution < -0.4 is 15.4 Å². The van der Waals surface area contributed by atoms with Crippen LogP contribution in [-0.4, -0.2) is 23.0 Å². The van der Waals surface area contributed by atoms with E-state index in [1.165, 1.54) is 0 Å². The highest BCUT2D eigenvalue weighted by molar-refractivity contribution is 6.32. The number of benzene rings is 2. The van der Waals surface area contributed by atoms with E-state index in [0.717, 1.165) is 27.1 Å². The van der Waals surface area contributed by atoms with Crippen molar-refractivity contribution in [1.82, 2.24) is 15.5 Å². The number of H-pyrrole nitrogens is 1. The third-order valence-corrected chi connectivity index (χ3v) is 4.18. The van der Waals surface area contributed by atoms with Crippen molar-refractivity contribution in [2.75, 3.05) is 12.0 Å². The first-order valence-corrected chi connectivity index (χ1v) is 7.78. The highest BCUT2D eigenvalue weighted by Crippen LogP contribution is 2.25. The van der Waals surface area contributed by atoms with Gasteiger partial charge in [-0.15, -0.1) is 0 Å². The third kappa shape index (κ3) is 3.60. The molecule has 0 bridgehead atoms. The largest absolute Gasteiger partial charge is 0.473 e. The maximum Gasteiger partial charge on any atom is 0.321 e. The first kappa shape index (κ1) is 16.1. The minimum absolute atomic E-state index is 0.0542. The van der Waals surface area contributed by atoms with Gasteiger partial charge >= 0.3 is 6.03 Å². The van der Waals surface area contributed by atoms with Gasteiger partial charge in [0.15, 0.2) is 6.73 Å². The first-order chi connectivity index (χ1) is 11.5. The molecule has 24 heavy (non-hydrogen) atoms. The number of ether oxygens (including phenoxy) is 1. The van der Waals surface area contributed by atoms with Crippen molar-refractivity contribution in [3.63, 3.8) is 0 Å². The third-order valence-electron chi connectivity index (χ3n) is 3.58. The number of aryl methyl sites for hydroxylation is 2. The van der Waals surface area contributed by atoms with E-state index >= 15 is 0 Å². The lowest BCUT2D eigenvalue weighted by atomic mass is 10.1. The van der Waals surface area contributed by atoms with Crippen LogP contribution in [0.2, 0.25) is 5.02 Å². The number of rotatable bonds is 4. The van der Waals surface area contributed by atoms with Crippen LogP contribution in [0, 0.1) is 13.8 Å². The Kier molecular flexibility index (Phi) is 4.57. The number of hydrogen-bond donors (Lipinski definition) is 3. The Bertz CT molecular complexity index is 868. The minimum atomic E-state index is -0.351. The molecule has 0 atom stereocenters. The van der Waals surface area contributed by atoms with Crippen molar-refractivity contribution in [1.29, 1.82) is 0 Å². The van der Waals surface area contributed by atoms with Crippen LogP contribution in [0.4, 0.5) is 10.5 Å². The lowest BCUT2D eigenvalue weighted by molar-refractivity contribution is 0.234. The van der Waals surface area contributed by atoms with Gasteiger partial charge in [-0.3, -0.25) is 5.10 Å². The van der Waals surface area contributed by atoms with Crippen molar-refractivity contribution in [2.45, 2.75) is 13.8 Å². The zero-order valence-corrected chi connectivity index (χ0v) is 14.1. The molecule has 0 radical (unpaired) electrons. The summed E-state index contributed by atoms with van der Waals surface area (Å²) in [6.45, 7) is 3.88. The predicted molar refractivity (Wildman–Crippen MR) is 94.7 cm³/mol. The Morgan fingerprint density at radius 3 is 2.75 bits per heavy atom. The molecule has 0 aliphatic carbocycles. The maximum absolute atomic E-state index is 11.9. The smallest absolute Gasteiger partial charge is 0.321 e. The second-order valence-electron chi connectivity index (χ2n) is 5.46. The van der Waals surface area contributed by atoms with Crippen LogP contribution in [-0.2, 0) is 0 Å². The van der Waals surface area contributed by atoms with E-state index in [2.05, 4.69) is 20.8 Å². The number of halogens is 1. The van der Waals surface area contributed by atoms with E-state index in [1.807, 2.05) is 44.2 Å². The highest BCUT2D eigenvalue weighted by atomic mass is 35.5. The van der Waals surface area contributed by atoms with Crippen LogP contribution in [0.3, 0.4) is 0 Å². The quantitative estimate of drug-likeness (QED) is 0.626. The van der Waals surface area contributed by atoms with Crippen LogP contribution in [0.5, 0.6) is 5.75 Å². The molecular weight excluding hydrogens is 328 g/mol. The number of hydrogen-bond acceptors (Lipinski definition) is 3. The van der Waals surface area contributed by atoms with E-state index in [0.29, 0.717) is 11.4 Å². The monoisotopic (exact) mass is 344 g/mol. The molecule has 7 heteroatoms. The summed E-state index contributed by atoms with van der Waals surface area (Å²) in [6.07, 6.45) is 1.73. The number of nitrogens with one attached hydrogen (secondary N) is 3. The van der Waals surface area contributed by atoms with Gasteiger partial charge in [0.2, 0.25) is 0 Å². The van der Waals surface area contributed by atoms with Gasteiger partial charge in [0.05, 0.1) is 11.7 Å². The number of carbonyl (C=O) groups is 1. The molecular formula is C17H17ClN4O2. The number of aromatic amines is 1. The molecule has 124 valence electrons. The lowest BCUT2D eigenvalue weighted by Gasteiger charge is -2.11. The molecule has 3 aromatic rings. The topological polar surface area (TPSA) is 79.0 Å². The Morgan fingerprint density at radius 2 is 2.00 bits per heavy atom. The zero-order chi connectivity index (χ0) is 17.1. The molecule has 3 N–H and O–H groups in total. The van der Waals surface area contributed by atoms with Gasteiger partial charge in [0.25, 0.3) is 0 Å². The summed E-state index contributed by atoms with van der Waals surface area (Å²) in [5.74, 6) is 0.661. The number of aromatic nitrogens is 2. The van der Waals surface area contributed by atoms with Crippen LogP contribution in [0.1, 0.15) is 11.1 Å². The summed E-state index contributed by atoms with van der Waals surface area (Å²) >= 11 is 6.12. The molecule has 2 aromatic carbocycles. The molecule has 0 unspecified atom stereocenters. The maximum atomic E-state index is 11.9. The fourth-order valence-electron chi connectivity index (χ4n) is 2.36. The van der Waals surface area contributed by atoms with Gasteiger partial charge in [0, 0.05) is 16.1 Å². The van der Waals surface area contributed by atoms with Crippen molar-refractivity contribution in [2.24, 2.45) is 0 Å². The molecule has 0 aliphatic rings. The van der Waals surface area contributed by atoms with Gasteiger partial charge in [-0.05, 0) is 55.3 Å². The molecule has 3 rings (SSSR count). The number of fused-ring (bicyclic) bond motifs is 1. The van der Waals surface area contributed by atoms with E-state index < -0.39 is 0 Å². The summed E-state index contributed by atoms with van der Waals surface area (Å²) in [5, 5.41) is 13.9. The SMILES string of the molecule is Cc1cc(OCNC(=O)Nc2ccc3cn[nH]c3c2)cc(C)c1Cl. The van der Waals surface area contributed by atoms with Crippen LogP contribution in [0.25, 0.3) is 10.9 Å². The molecule has 0 aliphatic heterocycles. The van der Waals surface area contributed by atoms with Gasteiger partial charge in [-0.25, -0.2) is 4.79 Å². The molecule has 1 heterocycles. The number of urea groups is 1. The summed E-state index contributed by atoms with van der Waals surface area (Å²) in [6, 6.07) is 8.82. The van der Waals surface area contributed by atoms with Gasteiger partial charge in [0.1, 0.15) is 5.75 Å². The molecule has 2 amide bonds. The molecule has 0 spiro atoms. The van der Waals surface area contributed by atoms with Crippen molar-refractivity contribution < 1.29 is 9.53 Å². The van der Waals surface area contributed by atoms with Crippen molar-refractivity contribution in [3.05, 3.63) is 52.7 Å². The Labute approximate surface area is 144 Å². The fraction of sp³-hybridized carbons (Fsp3) is 0.176. The molecule has 0 saturated heterocycles. The Hall–Kier alpha value is -2.73. The molecule has 1 aromatic heterocycles. The van der Waals surface area contributed by atoms with Crippen LogP contribution >= 0.6 is 11.6 Å². The predicted octanol–water partition coefficient (Wildman–Crippen LogP) is 3.99. The number of anilines is 1. The van der Waals surface area contributed by atoms with Gasteiger partial charge in [-0.1, -0.05) is 11.6 Å². The van der Waals surface area contributed by atoms with E-state index in [-0.39, 0.29) is 12.8 Å². The summed E-state index contributed by atoms with van der Waals surface area (Å²) in [5.41, 5.74) is 3.39. The van der Waals surface area contributed by atoms with E-state index in [1.54, 1.807) is 6.20 Å². The average Bonchev–Trinajstić information content (AvgIpc) is 3.00. The van der Waals surface area contributed by atoms with Gasteiger partial charge < -0.3 is 15.4 Å². The summed E-state index contributed by atoms with van der Waals surface area (Å²) < 4.78 is 5.54. The van der Waals surface area contributed by atoms with Crippen molar-refractivity contribution >= 4 is 34.2 Å². The molecule has 0 fully saturated rings. The number of carbonyl (C=O) groups excluding carboxylic acids is 1. The molecule has 0 saturated carbocycles. The summed E-state index contributed by atoms with van der Waals surface area (Å²) in [4.78, 5) is 11.9. The average molecular weight is 345 g/mol. The Balaban J connectivity index is 1.54. The number of amides is 2. The van der Waals surface area contributed by atoms with E-state index in [4.69, 9.17) is 16.3 Å². The van der Waals surface area contributed by atoms with Crippen molar-refractivity contribution in [3.8, 4) is 5.75 Å². The van der Waals surface area contributed by atoms with Gasteiger partial charge in [-0.2, -0.15) is 5.10 Å². The first-order valence-electron chi connectivity index (χ1n) is 7.40. The summed E-state index contributed by atoms with van der Waals surface area (Å²) in [7, 11) is 0. The van der Waals surface area contributed by atoms with E-state index in [9.17, 15) is 4.79 Å². The van der Waals surface area contributed by atoms with Crippen LogP contribution in [0.15, 0.2) is 36.5 Å². The normalized spacial score (nSPS) is 10.6. The lowest BCUT2D eigenvalue weighted by Crippen LogP contribution is -2.32. The second-order valence-corrected chi connectivity index (χ2v) is 5.84. The molecule has 6 nitrogen and oxygen atoms in total. The minimum Gasteiger partial charge on any atom is -0.473 e. The second kappa shape index (κ2) is 6.80. The Morgan fingerprint density at radius 1 is 1.25 bits per heavy atom. The zero-order valence-electron chi connectivity index (χ0n) is 13.3. The standard InChI is InChI=1S/C17H17ClN4O2/c1-10-5-14(6-11(2)16(10)18)24-9-19-17(23)21-13-4-3-12-8-20-22-15(12)7-13/h3-8H,9H2,1-2H3,(H,20,22)(H2,19,21,23).